The minimum atomic E-state index is -0.409. The Hall–Kier alpha value is -1.95. The van der Waals surface area contributed by atoms with Crippen molar-refractivity contribution in [1.82, 2.24) is 0 Å². The van der Waals surface area contributed by atoms with Crippen molar-refractivity contribution in [3.05, 3.63) is 36.4 Å². The van der Waals surface area contributed by atoms with Crippen molar-refractivity contribution in [3.63, 3.8) is 0 Å². The molecule has 0 heterocycles. The summed E-state index contributed by atoms with van der Waals surface area (Å²) in [6.07, 6.45) is 1.71. The molecule has 0 N–H and O–H groups in total. The van der Waals surface area contributed by atoms with Crippen molar-refractivity contribution in [3.8, 4) is 6.07 Å². The maximum absolute atomic E-state index is 8.52. The third-order valence-electron chi connectivity index (χ3n) is 1.68. The summed E-state index contributed by atoms with van der Waals surface area (Å²) in [5.74, 6) is 0. The van der Waals surface area contributed by atoms with Gasteiger partial charge in [0.15, 0.2) is 6.04 Å². The van der Waals surface area contributed by atoms with E-state index in [1.165, 1.54) is 0 Å². The molecule has 0 radical (unpaired) electrons. The molecule has 1 atom stereocenters. The Balaban J connectivity index is 2.92. The maximum Gasteiger partial charge on any atom is 0.154 e. The second-order valence-corrected chi connectivity index (χ2v) is 2.78. The van der Waals surface area contributed by atoms with E-state index in [9.17, 15) is 0 Å². The lowest BCUT2D eigenvalue weighted by Crippen LogP contribution is -1.88. The number of nitrogens with zero attached hydrogens (tertiary/aromatic N) is 3. The van der Waals surface area contributed by atoms with Gasteiger partial charge in [-0.25, -0.2) is 0 Å². The normalized spacial score (nSPS) is 12.3. The van der Waals surface area contributed by atoms with E-state index >= 15 is 0 Å². The molecule has 0 spiro atoms. The quantitative estimate of drug-likeness (QED) is 0.666. The Morgan fingerprint density at radius 1 is 1.50 bits per heavy atom. The molecule has 1 unspecified atom stereocenters. The van der Waals surface area contributed by atoms with Crippen LogP contribution in [-0.4, -0.2) is 6.04 Å². The minimum Gasteiger partial charge on any atom is -0.196 e. The molecule has 0 aliphatic heterocycles. The van der Waals surface area contributed by atoms with Crippen LogP contribution in [0.5, 0.6) is 0 Å². The molecule has 14 heavy (non-hydrogen) atoms. The highest BCUT2D eigenvalue weighted by Gasteiger charge is 1.97. The first-order valence-electron chi connectivity index (χ1n) is 4.30. The van der Waals surface area contributed by atoms with Gasteiger partial charge in [0.05, 0.1) is 11.8 Å². The van der Waals surface area contributed by atoms with Gasteiger partial charge in [-0.3, -0.25) is 0 Å². The van der Waals surface area contributed by atoms with Crippen molar-refractivity contribution in [2.24, 2.45) is 10.2 Å². The molecular formula is C11H11N3. The molecule has 1 rings (SSSR count). The molecule has 0 aliphatic carbocycles. The van der Waals surface area contributed by atoms with Gasteiger partial charge >= 0.3 is 0 Å². The van der Waals surface area contributed by atoms with Crippen LogP contribution >= 0.6 is 0 Å². The van der Waals surface area contributed by atoms with Crippen LogP contribution in [0.15, 0.2) is 41.1 Å². The largest absolute Gasteiger partial charge is 0.196 e. The summed E-state index contributed by atoms with van der Waals surface area (Å²) < 4.78 is 0. The van der Waals surface area contributed by atoms with E-state index in [4.69, 9.17) is 5.26 Å². The number of hydrogen-bond donors (Lipinski definition) is 0. The molecule has 3 nitrogen and oxygen atoms in total. The summed E-state index contributed by atoms with van der Waals surface area (Å²) in [5, 5.41) is 16.3. The van der Waals surface area contributed by atoms with E-state index in [1.54, 1.807) is 13.0 Å². The monoisotopic (exact) mass is 185 g/mol. The van der Waals surface area contributed by atoms with Gasteiger partial charge in [0.2, 0.25) is 0 Å². The van der Waals surface area contributed by atoms with Gasteiger partial charge in [-0.2, -0.15) is 15.5 Å². The van der Waals surface area contributed by atoms with Gasteiger partial charge in [-0.05, 0) is 13.0 Å². The Bertz CT molecular complexity index is 388. The molecule has 0 aliphatic rings. The highest BCUT2D eigenvalue weighted by Crippen LogP contribution is 2.20. The standard InChI is InChI=1S/C11H11N3/c1-3-10-6-4-5-7-11(10)14-13-9(2)8-12/h3-7,9H,1H2,2H3. The van der Waals surface area contributed by atoms with Gasteiger partial charge in [-0.1, -0.05) is 30.9 Å². The van der Waals surface area contributed by atoms with Gasteiger partial charge in [0.25, 0.3) is 0 Å². The lowest BCUT2D eigenvalue weighted by molar-refractivity contribution is 0.864. The SMILES string of the molecule is C=Cc1ccccc1N=NC(C)C#N. The molecule has 1 aromatic rings. The van der Waals surface area contributed by atoms with E-state index < -0.39 is 6.04 Å². The number of rotatable bonds is 3. The smallest absolute Gasteiger partial charge is 0.154 e. The number of benzene rings is 1. The molecule has 0 aromatic heterocycles. The van der Waals surface area contributed by atoms with Gasteiger partial charge in [0.1, 0.15) is 0 Å². The van der Waals surface area contributed by atoms with Gasteiger partial charge in [0, 0.05) is 5.56 Å². The van der Waals surface area contributed by atoms with Crippen molar-refractivity contribution < 1.29 is 0 Å². The zero-order valence-electron chi connectivity index (χ0n) is 8.01. The Kier molecular flexibility index (Phi) is 3.57. The zero-order valence-corrected chi connectivity index (χ0v) is 8.01. The highest BCUT2D eigenvalue weighted by molar-refractivity contribution is 5.62. The third-order valence-corrected chi connectivity index (χ3v) is 1.68. The Morgan fingerprint density at radius 3 is 2.86 bits per heavy atom. The second kappa shape index (κ2) is 4.93. The fraction of sp³-hybridized carbons (Fsp3) is 0.182. The van der Waals surface area contributed by atoms with Crippen molar-refractivity contribution in [1.29, 1.82) is 5.26 Å². The fourth-order valence-electron chi connectivity index (χ4n) is 0.926. The zero-order chi connectivity index (χ0) is 10.4. The summed E-state index contributed by atoms with van der Waals surface area (Å²) in [4.78, 5) is 0. The molecule has 0 bridgehead atoms. The van der Waals surface area contributed by atoms with E-state index in [-0.39, 0.29) is 0 Å². The summed E-state index contributed by atoms with van der Waals surface area (Å²) in [6, 6.07) is 9.10. The number of nitriles is 1. The van der Waals surface area contributed by atoms with Crippen LogP contribution in [0.1, 0.15) is 12.5 Å². The van der Waals surface area contributed by atoms with Crippen LogP contribution in [0, 0.1) is 11.3 Å². The third kappa shape index (κ3) is 2.53. The molecular weight excluding hydrogens is 174 g/mol. The predicted octanol–water partition coefficient (Wildman–Crippen LogP) is 3.33. The molecule has 0 fully saturated rings. The van der Waals surface area contributed by atoms with Crippen LogP contribution in [0.3, 0.4) is 0 Å². The fourth-order valence-corrected chi connectivity index (χ4v) is 0.926. The van der Waals surface area contributed by atoms with Gasteiger partial charge < -0.3 is 0 Å². The lowest BCUT2D eigenvalue weighted by Gasteiger charge is -1.97. The number of azo groups is 1. The van der Waals surface area contributed by atoms with E-state index in [0.29, 0.717) is 0 Å². The average Bonchev–Trinajstić information content (AvgIpc) is 2.26. The summed E-state index contributed by atoms with van der Waals surface area (Å²) >= 11 is 0. The summed E-state index contributed by atoms with van der Waals surface area (Å²) in [5.41, 5.74) is 1.66. The predicted molar refractivity (Wildman–Crippen MR) is 56.1 cm³/mol. The summed E-state index contributed by atoms with van der Waals surface area (Å²) in [7, 11) is 0. The lowest BCUT2D eigenvalue weighted by atomic mass is 10.2. The van der Waals surface area contributed by atoms with Gasteiger partial charge in [-0.15, -0.1) is 0 Å². The second-order valence-electron chi connectivity index (χ2n) is 2.78. The number of hydrogen-bond acceptors (Lipinski definition) is 3. The van der Waals surface area contributed by atoms with E-state index in [2.05, 4.69) is 16.8 Å². The summed E-state index contributed by atoms with van der Waals surface area (Å²) in [6.45, 7) is 5.37. The molecule has 0 saturated heterocycles. The Labute approximate surface area is 83.4 Å². The Morgan fingerprint density at radius 2 is 2.21 bits per heavy atom. The first kappa shape index (κ1) is 10.1. The molecule has 0 amide bonds. The molecule has 1 aromatic carbocycles. The van der Waals surface area contributed by atoms with E-state index in [1.807, 2.05) is 30.3 Å². The minimum absolute atomic E-state index is 0.409. The van der Waals surface area contributed by atoms with Crippen molar-refractivity contribution in [2.75, 3.05) is 0 Å². The first-order valence-corrected chi connectivity index (χ1v) is 4.30. The van der Waals surface area contributed by atoms with Crippen molar-refractivity contribution >= 4 is 11.8 Å². The highest BCUT2D eigenvalue weighted by atomic mass is 15.1. The maximum atomic E-state index is 8.52. The van der Waals surface area contributed by atoms with E-state index in [0.717, 1.165) is 11.3 Å². The first-order chi connectivity index (χ1) is 6.77. The topological polar surface area (TPSA) is 48.5 Å². The van der Waals surface area contributed by atoms with Crippen LogP contribution in [0.25, 0.3) is 6.08 Å². The van der Waals surface area contributed by atoms with Crippen LogP contribution < -0.4 is 0 Å². The molecule has 70 valence electrons. The van der Waals surface area contributed by atoms with Crippen LogP contribution in [0.2, 0.25) is 0 Å². The molecule has 0 saturated carbocycles. The molecule has 3 heteroatoms. The van der Waals surface area contributed by atoms with Crippen LogP contribution in [-0.2, 0) is 0 Å². The van der Waals surface area contributed by atoms with Crippen molar-refractivity contribution in [2.45, 2.75) is 13.0 Å². The van der Waals surface area contributed by atoms with Crippen LogP contribution in [0.4, 0.5) is 5.69 Å². The average molecular weight is 185 g/mol.